The van der Waals surface area contributed by atoms with E-state index in [-0.39, 0.29) is 5.76 Å². The zero-order valence-corrected chi connectivity index (χ0v) is 11.0. The highest BCUT2D eigenvalue weighted by Gasteiger charge is 2.22. The van der Waals surface area contributed by atoms with Crippen LogP contribution in [0.25, 0.3) is 11.0 Å². The Bertz CT molecular complexity index is 706. The summed E-state index contributed by atoms with van der Waals surface area (Å²) in [6, 6.07) is 6.36. The number of benzene rings is 1. The first-order valence-corrected chi connectivity index (χ1v) is 6.02. The molecule has 3 amide bonds. The van der Waals surface area contributed by atoms with Crippen molar-refractivity contribution >= 4 is 34.4 Å². The molecule has 0 fully saturated rings. The highest BCUT2D eigenvalue weighted by atomic mass is 16.3. The number of amides is 3. The second-order valence-electron chi connectivity index (χ2n) is 4.50. The van der Waals surface area contributed by atoms with E-state index in [1.165, 1.54) is 6.07 Å². The highest BCUT2D eigenvalue weighted by molar-refractivity contribution is 5.99. The zero-order chi connectivity index (χ0) is 15.6. The van der Waals surface area contributed by atoms with Crippen LogP contribution in [0.3, 0.4) is 0 Å². The molecule has 0 saturated heterocycles. The van der Waals surface area contributed by atoms with Gasteiger partial charge in [-0.15, -0.1) is 0 Å². The fourth-order valence-electron chi connectivity index (χ4n) is 1.90. The summed E-state index contributed by atoms with van der Waals surface area (Å²) in [6.07, 6.45) is 0. The van der Waals surface area contributed by atoms with Gasteiger partial charge in [0.1, 0.15) is 18.7 Å². The normalized spacial score (nSPS) is 10.5. The van der Waals surface area contributed by atoms with E-state index in [1.807, 2.05) is 0 Å². The number of furan rings is 1. The van der Waals surface area contributed by atoms with Gasteiger partial charge in [0.15, 0.2) is 5.76 Å². The number of carbonyl (C=O) groups excluding carboxylic acids is 3. The second-order valence-corrected chi connectivity index (χ2v) is 4.50. The molecule has 1 aromatic heterocycles. The minimum Gasteiger partial charge on any atom is -0.451 e. The minimum atomic E-state index is -0.759. The third-order valence-corrected chi connectivity index (χ3v) is 2.73. The summed E-state index contributed by atoms with van der Waals surface area (Å²) in [6.45, 7) is -0.859. The fraction of sp³-hybridized carbons (Fsp3) is 0.154. The van der Waals surface area contributed by atoms with Crippen LogP contribution in [-0.2, 0) is 9.59 Å². The maximum Gasteiger partial charge on any atom is 0.290 e. The van der Waals surface area contributed by atoms with E-state index in [4.69, 9.17) is 21.6 Å². The number of fused-ring (bicyclic) bond motifs is 1. The Hall–Kier alpha value is -3.03. The maximum absolute atomic E-state index is 12.3. The van der Waals surface area contributed by atoms with Gasteiger partial charge in [-0.1, -0.05) is 0 Å². The molecule has 0 unspecified atom stereocenters. The monoisotopic (exact) mass is 290 g/mol. The van der Waals surface area contributed by atoms with Crippen LogP contribution < -0.4 is 17.2 Å². The van der Waals surface area contributed by atoms with Gasteiger partial charge in [-0.3, -0.25) is 14.4 Å². The van der Waals surface area contributed by atoms with Crippen LogP contribution in [0.15, 0.2) is 28.7 Å². The number of hydrogen-bond donors (Lipinski definition) is 3. The van der Waals surface area contributed by atoms with Crippen molar-refractivity contribution in [3.63, 3.8) is 0 Å². The molecule has 2 aromatic rings. The molecule has 0 radical (unpaired) electrons. The van der Waals surface area contributed by atoms with E-state index in [9.17, 15) is 14.4 Å². The largest absolute Gasteiger partial charge is 0.451 e. The smallest absolute Gasteiger partial charge is 0.290 e. The van der Waals surface area contributed by atoms with Crippen molar-refractivity contribution in [2.75, 3.05) is 18.8 Å². The van der Waals surface area contributed by atoms with Crippen LogP contribution in [-0.4, -0.2) is 35.7 Å². The van der Waals surface area contributed by atoms with Crippen molar-refractivity contribution in [2.24, 2.45) is 11.5 Å². The summed E-state index contributed by atoms with van der Waals surface area (Å²) < 4.78 is 5.38. The number of anilines is 1. The third kappa shape index (κ3) is 3.30. The van der Waals surface area contributed by atoms with Gasteiger partial charge in [0.05, 0.1) is 0 Å². The van der Waals surface area contributed by atoms with Crippen molar-refractivity contribution in [3.05, 3.63) is 30.0 Å². The SMILES string of the molecule is NC(=O)CN(CC(N)=O)C(=O)c1cc2cc(N)ccc2o1. The number of nitrogens with two attached hydrogens (primary N) is 3. The van der Waals surface area contributed by atoms with Crippen molar-refractivity contribution in [1.29, 1.82) is 0 Å². The molecule has 0 bridgehead atoms. The Morgan fingerprint density at radius 3 is 2.24 bits per heavy atom. The Morgan fingerprint density at radius 2 is 1.67 bits per heavy atom. The Balaban J connectivity index is 2.33. The summed E-state index contributed by atoms with van der Waals surface area (Å²) in [5.74, 6) is -2.20. The molecule has 21 heavy (non-hydrogen) atoms. The molecule has 0 spiro atoms. The average Bonchev–Trinajstić information content (AvgIpc) is 2.78. The van der Waals surface area contributed by atoms with Crippen LogP contribution in [0, 0.1) is 0 Å². The van der Waals surface area contributed by atoms with Crippen LogP contribution in [0.5, 0.6) is 0 Å². The molecule has 0 aliphatic heterocycles. The van der Waals surface area contributed by atoms with E-state index in [1.54, 1.807) is 18.2 Å². The Morgan fingerprint density at radius 1 is 1.05 bits per heavy atom. The molecule has 110 valence electrons. The van der Waals surface area contributed by atoms with Crippen molar-refractivity contribution in [1.82, 2.24) is 4.90 Å². The Kier molecular flexibility index (Phi) is 3.79. The van der Waals surface area contributed by atoms with Crippen molar-refractivity contribution < 1.29 is 18.8 Å². The fourth-order valence-corrected chi connectivity index (χ4v) is 1.90. The van der Waals surface area contributed by atoms with Gasteiger partial charge in [0, 0.05) is 11.1 Å². The van der Waals surface area contributed by atoms with Crippen molar-refractivity contribution in [3.8, 4) is 0 Å². The van der Waals surface area contributed by atoms with E-state index in [0.29, 0.717) is 16.7 Å². The highest BCUT2D eigenvalue weighted by Crippen LogP contribution is 2.22. The van der Waals surface area contributed by atoms with E-state index < -0.39 is 30.8 Å². The lowest BCUT2D eigenvalue weighted by atomic mass is 10.2. The summed E-state index contributed by atoms with van der Waals surface area (Å²) in [7, 11) is 0. The van der Waals surface area contributed by atoms with Crippen LogP contribution in [0.4, 0.5) is 5.69 Å². The van der Waals surface area contributed by atoms with Gasteiger partial charge >= 0.3 is 0 Å². The molecule has 1 aromatic carbocycles. The molecule has 8 heteroatoms. The first-order chi connectivity index (χ1) is 9.86. The molecule has 0 saturated carbocycles. The van der Waals surface area contributed by atoms with Crippen molar-refractivity contribution in [2.45, 2.75) is 0 Å². The van der Waals surface area contributed by atoms with Gasteiger partial charge in [0.2, 0.25) is 11.8 Å². The standard InChI is InChI=1S/C13H14N4O4/c14-8-1-2-9-7(3-8)4-10(21-9)13(20)17(5-11(15)18)6-12(16)19/h1-4H,5-6,14H2,(H2,15,18)(H2,16,19). The Labute approximate surface area is 119 Å². The lowest BCUT2D eigenvalue weighted by Gasteiger charge is -2.17. The van der Waals surface area contributed by atoms with Gasteiger partial charge in [-0.25, -0.2) is 0 Å². The molecular formula is C13H14N4O4. The van der Waals surface area contributed by atoms with E-state index in [0.717, 1.165) is 4.90 Å². The summed E-state index contributed by atoms with van der Waals surface area (Å²) in [4.78, 5) is 35.1. The van der Waals surface area contributed by atoms with Gasteiger partial charge < -0.3 is 26.5 Å². The lowest BCUT2D eigenvalue weighted by molar-refractivity contribution is -0.121. The zero-order valence-electron chi connectivity index (χ0n) is 11.0. The summed E-state index contributed by atoms with van der Waals surface area (Å²) >= 11 is 0. The maximum atomic E-state index is 12.3. The number of nitrogens with zero attached hydrogens (tertiary/aromatic N) is 1. The van der Waals surface area contributed by atoms with Crippen LogP contribution >= 0.6 is 0 Å². The molecule has 6 N–H and O–H groups in total. The van der Waals surface area contributed by atoms with E-state index >= 15 is 0 Å². The lowest BCUT2D eigenvalue weighted by Crippen LogP contribution is -2.43. The molecular weight excluding hydrogens is 276 g/mol. The number of nitrogen functional groups attached to an aromatic ring is 1. The predicted molar refractivity (Wildman–Crippen MR) is 74.9 cm³/mol. The first-order valence-electron chi connectivity index (χ1n) is 6.02. The number of hydrogen-bond acceptors (Lipinski definition) is 5. The second kappa shape index (κ2) is 5.53. The van der Waals surface area contributed by atoms with E-state index in [2.05, 4.69) is 0 Å². The number of primary amides is 2. The van der Waals surface area contributed by atoms with Gasteiger partial charge in [-0.05, 0) is 24.3 Å². The molecule has 0 aliphatic rings. The molecule has 1 heterocycles. The van der Waals surface area contributed by atoms with Gasteiger partial charge in [-0.2, -0.15) is 0 Å². The first kappa shape index (κ1) is 14.4. The summed E-state index contributed by atoms with van der Waals surface area (Å²) in [5.41, 5.74) is 16.7. The van der Waals surface area contributed by atoms with Crippen LogP contribution in [0.1, 0.15) is 10.6 Å². The summed E-state index contributed by atoms with van der Waals surface area (Å²) in [5, 5.41) is 0.636. The molecule has 8 nitrogen and oxygen atoms in total. The van der Waals surface area contributed by atoms with Crippen LogP contribution in [0.2, 0.25) is 0 Å². The molecule has 0 aliphatic carbocycles. The quantitative estimate of drug-likeness (QED) is 0.631. The molecule has 2 rings (SSSR count). The predicted octanol–water partition coefficient (Wildman–Crippen LogP) is -0.572. The topological polar surface area (TPSA) is 146 Å². The third-order valence-electron chi connectivity index (χ3n) is 2.73. The minimum absolute atomic E-state index is 0.0295. The van der Waals surface area contributed by atoms with Gasteiger partial charge in [0.25, 0.3) is 5.91 Å². The number of rotatable bonds is 5. The number of carbonyl (C=O) groups is 3. The molecule has 0 atom stereocenters. The average molecular weight is 290 g/mol.